The van der Waals surface area contributed by atoms with Gasteiger partial charge in [-0.2, -0.15) is 0 Å². The van der Waals surface area contributed by atoms with Crippen molar-refractivity contribution in [1.29, 1.82) is 0 Å². The van der Waals surface area contributed by atoms with Crippen LogP contribution in [0.3, 0.4) is 0 Å². The number of aromatic nitrogens is 3. The number of thiazole rings is 1. The van der Waals surface area contributed by atoms with Gasteiger partial charge in [0, 0.05) is 30.1 Å². The van der Waals surface area contributed by atoms with Crippen LogP contribution < -0.4 is 0 Å². The molecule has 3 aromatic rings. The van der Waals surface area contributed by atoms with E-state index in [9.17, 15) is 4.39 Å². The fraction of sp³-hybridized carbons (Fsp3) is 0.231. The molecule has 0 aliphatic carbocycles. The number of halogens is 2. The number of hydrogen-bond acceptors (Lipinski definition) is 3. The molecule has 20 heavy (non-hydrogen) atoms. The third kappa shape index (κ3) is 2.66. The van der Waals surface area contributed by atoms with Crippen molar-refractivity contribution in [3.63, 3.8) is 0 Å². The largest absolute Gasteiger partial charge is 0.331 e. The molecule has 2 aromatic heterocycles. The van der Waals surface area contributed by atoms with Crippen LogP contribution in [0.5, 0.6) is 0 Å². The number of hydrogen-bond donors (Lipinski definition) is 1. The summed E-state index contributed by atoms with van der Waals surface area (Å²) in [7, 11) is 0. The quantitative estimate of drug-likeness (QED) is 0.503. The molecule has 1 aromatic carbocycles. The van der Waals surface area contributed by atoms with E-state index >= 15 is 0 Å². The number of aryl methyl sites for hydroxylation is 3. The molecular formula is C13H11FIN3S2. The summed E-state index contributed by atoms with van der Waals surface area (Å²) in [6.07, 6.45) is 0.799. The zero-order valence-electron chi connectivity index (χ0n) is 10.6. The molecule has 2 heterocycles. The average Bonchev–Trinajstić information content (AvgIpc) is 2.92. The van der Waals surface area contributed by atoms with Crippen LogP contribution >= 0.6 is 46.1 Å². The summed E-state index contributed by atoms with van der Waals surface area (Å²) >= 11 is 8.95. The van der Waals surface area contributed by atoms with Crippen LogP contribution in [0.1, 0.15) is 10.7 Å². The van der Waals surface area contributed by atoms with Crippen LogP contribution in [0.25, 0.3) is 11.0 Å². The first-order chi connectivity index (χ1) is 9.54. The summed E-state index contributed by atoms with van der Waals surface area (Å²) in [6.45, 7) is 2.68. The highest BCUT2D eigenvalue weighted by Gasteiger charge is 2.09. The van der Waals surface area contributed by atoms with Crippen LogP contribution in [0.2, 0.25) is 0 Å². The molecular weight excluding hydrogens is 408 g/mol. The van der Waals surface area contributed by atoms with Crippen molar-refractivity contribution in [3.8, 4) is 0 Å². The average molecular weight is 419 g/mol. The summed E-state index contributed by atoms with van der Waals surface area (Å²) in [5.74, 6) is -0.217. The van der Waals surface area contributed by atoms with Gasteiger partial charge in [0.1, 0.15) is 5.82 Å². The van der Waals surface area contributed by atoms with Crippen LogP contribution in [0, 0.1) is 21.1 Å². The zero-order chi connectivity index (χ0) is 14.3. The molecule has 104 valence electrons. The zero-order valence-corrected chi connectivity index (χ0v) is 14.4. The first-order valence-electron chi connectivity index (χ1n) is 6.03. The van der Waals surface area contributed by atoms with E-state index in [1.807, 2.05) is 39.5 Å². The molecule has 0 unspecified atom stereocenters. The van der Waals surface area contributed by atoms with E-state index in [1.54, 1.807) is 17.4 Å². The number of rotatable bonds is 3. The van der Waals surface area contributed by atoms with Gasteiger partial charge in [0.15, 0.2) is 4.77 Å². The number of imidazole rings is 1. The minimum atomic E-state index is -0.217. The van der Waals surface area contributed by atoms with E-state index in [4.69, 9.17) is 12.2 Å². The number of benzene rings is 1. The number of nitrogens with one attached hydrogen (secondary N) is 1. The maximum Gasteiger partial charge on any atom is 0.178 e. The Labute approximate surface area is 138 Å². The van der Waals surface area contributed by atoms with Crippen LogP contribution in [0.15, 0.2) is 17.5 Å². The van der Waals surface area contributed by atoms with Gasteiger partial charge in [-0.05, 0) is 47.8 Å². The monoisotopic (exact) mass is 419 g/mol. The van der Waals surface area contributed by atoms with E-state index in [-0.39, 0.29) is 5.82 Å². The predicted octanol–water partition coefficient (Wildman–Crippen LogP) is 4.45. The lowest BCUT2D eigenvalue weighted by molar-refractivity contribution is 0.620. The van der Waals surface area contributed by atoms with Crippen LogP contribution in [-0.4, -0.2) is 14.5 Å². The second-order valence-corrected chi connectivity index (χ2v) is 6.99. The molecule has 0 spiro atoms. The summed E-state index contributed by atoms with van der Waals surface area (Å²) in [5, 5.41) is 3.11. The van der Waals surface area contributed by atoms with Crippen molar-refractivity contribution in [2.75, 3.05) is 0 Å². The number of aromatic amines is 1. The maximum atomic E-state index is 13.7. The highest BCUT2D eigenvalue weighted by molar-refractivity contribution is 14.1. The second kappa shape index (κ2) is 5.53. The van der Waals surface area contributed by atoms with Gasteiger partial charge in [-0.3, -0.25) is 0 Å². The van der Waals surface area contributed by atoms with E-state index < -0.39 is 0 Å². The Kier molecular flexibility index (Phi) is 3.91. The summed E-state index contributed by atoms with van der Waals surface area (Å²) in [4.78, 5) is 7.56. The fourth-order valence-electron chi connectivity index (χ4n) is 2.10. The van der Waals surface area contributed by atoms with Crippen LogP contribution in [-0.2, 0) is 13.0 Å². The standard InChI is InChI=1S/C13H11FIN3S2/c1-7-6-20-12(16-7)2-3-18-11-4-8(14)9(15)5-10(11)17-13(18)19/h4-6H,2-3H2,1H3,(H,17,19). The van der Waals surface area contributed by atoms with Crippen molar-refractivity contribution in [1.82, 2.24) is 14.5 Å². The third-order valence-corrected chi connectivity index (χ3v) is 5.21. The minimum absolute atomic E-state index is 0.217. The highest BCUT2D eigenvalue weighted by Crippen LogP contribution is 2.21. The van der Waals surface area contributed by atoms with Crippen LogP contribution in [0.4, 0.5) is 4.39 Å². The highest BCUT2D eigenvalue weighted by atomic mass is 127. The molecule has 3 rings (SSSR count). The van der Waals surface area contributed by atoms with E-state index in [1.165, 1.54) is 6.07 Å². The Morgan fingerprint density at radius 1 is 1.50 bits per heavy atom. The Hall–Kier alpha value is -0.800. The van der Waals surface area contributed by atoms with E-state index in [0.29, 0.717) is 14.9 Å². The minimum Gasteiger partial charge on any atom is -0.331 e. The molecule has 3 nitrogen and oxygen atoms in total. The molecule has 0 aliphatic rings. The second-order valence-electron chi connectivity index (χ2n) is 4.50. The number of H-pyrrole nitrogens is 1. The topological polar surface area (TPSA) is 33.6 Å². The molecule has 0 amide bonds. The molecule has 0 radical (unpaired) electrons. The van der Waals surface area contributed by atoms with Gasteiger partial charge >= 0.3 is 0 Å². The Balaban J connectivity index is 1.96. The SMILES string of the molecule is Cc1csc(CCn2c(=S)[nH]c3cc(I)c(F)cc32)n1. The van der Waals surface area contributed by atoms with Crippen molar-refractivity contribution < 1.29 is 4.39 Å². The van der Waals surface area contributed by atoms with Gasteiger partial charge in [-0.1, -0.05) is 0 Å². The molecule has 0 atom stereocenters. The van der Waals surface area contributed by atoms with Gasteiger partial charge in [0.2, 0.25) is 0 Å². The van der Waals surface area contributed by atoms with Gasteiger partial charge in [0.25, 0.3) is 0 Å². The number of nitrogens with zero attached hydrogens (tertiary/aromatic N) is 2. The predicted molar refractivity (Wildman–Crippen MR) is 90.4 cm³/mol. The smallest absolute Gasteiger partial charge is 0.178 e. The van der Waals surface area contributed by atoms with E-state index in [0.717, 1.165) is 28.2 Å². The molecule has 0 saturated carbocycles. The lowest BCUT2D eigenvalue weighted by Crippen LogP contribution is -2.01. The van der Waals surface area contributed by atoms with Crippen molar-refractivity contribution in [2.45, 2.75) is 19.9 Å². The molecule has 7 heteroatoms. The third-order valence-electron chi connectivity index (χ3n) is 3.03. The molecule has 0 saturated heterocycles. The van der Waals surface area contributed by atoms with Gasteiger partial charge in [0.05, 0.1) is 19.6 Å². The Bertz CT molecular complexity index is 834. The Morgan fingerprint density at radius 3 is 3.00 bits per heavy atom. The maximum absolute atomic E-state index is 13.7. The van der Waals surface area contributed by atoms with Crippen molar-refractivity contribution in [3.05, 3.63) is 42.4 Å². The van der Waals surface area contributed by atoms with E-state index in [2.05, 4.69) is 9.97 Å². The summed E-state index contributed by atoms with van der Waals surface area (Å²) in [5.41, 5.74) is 2.71. The number of fused-ring (bicyclic) bond motifs is 1. The van der Waals surface area contributed by atoms with Gasteiger partial charge in [-0.25, -0.2) is 9.37 Å². The molecule has 0 fully saturated rings. The van der Waals surface area contributed by atoms with Crippen molar-refractivity contribution >= 4 is 57.2 Å². The lowest BCUT2D eigenvalue weighted by atomic mass is 10.3. The van der Waals surface area contributed by atoms with Gasteiger partial charge in [-0.15, -0.1) is 11.3 Å². The normalized spacial score (nSPS) is 11.3. The summed E-state index contributed by atoms with van der Waals surface area (Å²) in [6, 6.07) is 3.32. The fourth-order valence-corrected chi connectivity index (χ4v) is 3.63. The first-order valence-corrected chi connectivity index (χ1v) is 8.40. The van der Waals surface area contributed by atoms with Gasteiger partial charge < -0.3 is 9.55 Å². The summed E-state index contributed by atoms with van der Waals surface area (Å²) < 4.78 is 16.9. The van der Waals surface area contributed by atoms with Crippen molar-refractivity contribution in [2.24, 2.45) is 0 Å². The molecule has 0 aliphatic heterocycles. The molecule has 1 N–H and O–H groups in total. The Morgan fingerprint density at radius 2 is 2.30 bits per heavy atom. The molecule has 0 bridgehead atoms. The first kappa shape index (κ1) is 14.2. The lowest BCUT2D eigenvalue weighted by Gasteiger charge is -2.03.